The first-order valence-corrected chi connectivity index (χ1v) is 4.61. The maximum atomic E-state index is 12.4. The SMILES string of the molecule is N[C@H](CC(F)(F)P(=O)(O)O)C(=O)O. The molecule has 0 heterocycles. The van der Waals surface area contributed by atoms with Gasteiger partial charge in [0.2, 0.25) is 0 Å². The van der Waals surface area contributed by atoms with Crippen LogP contribution in [0.5, 0.6) is 0 Å². The van der Waals surface area contributed by atoms with Gasteiger partial charge in [-0.25, -0.2) is 0 Å². The van der Waals surface area contributed by atoms with E-state index in [4.69, 9.17) is 14.9 Å². The first-order chi connectivity index (χ1) is 5.58. The summed E-state index contributed by atoms with van der Waals surface area (Å²) in [7, 11) is -5.64. The molecule has 0 rings (SSSR count). The molecule has 0 aromatic carbocycles. The van der Waals surface area contributed by atoms with Crippen molar-refractivity contribution in [1.29, 1.82) is 0 Å². The molecule has 0 radical (unpaired) electrons. The number of carbonyl (C=O) groups is 1. The molecule has 9 heteroatoms. The number of alkyl halides is 2. The number of carboxylic acids is 1. The van der Waals surface area contributed by atoms with Gasteiger partial charge in [0.1, 0.15) is 6.04 Å². The number of rotatable bonds is 4. The summed E-state index contributed by atoms with van der Waals surface area (Å²) in [6, 6.07) is -2.00. The zero-order chi connectivity index (χ0) is 10.9. The van der Waals surface area contributed by atoms with E-state index in [1.165, 1.54) is 0 Å². The lowest BCUT2D eigenvalue weighted by atomic mass is 10.2. The lowest BCUT2D eigenvalue weighted by Crippen LogP contribution is -2.36. The summed E-state index contributed by atoms with van der Waals surface area (Å²) in [5.41, 5.74) is 0.278. The molecule has 0 aliphatic carbocycles. The summed E-state index contributed by atoms with van der Waals surface area (Å²) in [4.78, 5) is 26.2. The Balaban J connectivity index is 4.52. The third-order valence-corrected chi connectivity index (χ3v) is 2.24. The quantitative estimate of drug-likeness (QED) is 0.475. The largest absolute Gasteiger partial charge is 0.480 e. The lowest BCUT2D eigenvalue weighted by Gasteiger charge is -2.18. The van der Waals surface area contributed by atoms with Crippen LogP contribution in [-0.2, 0) is 9.36 Å². The fourth-order valence-electron chi connectivity index (χ4n) is 0.471. The van der Waals surface area contributed by atoms with Crippen molar-refractivity contribution in [3.8, 4) is 0 Å². The van der Waals surface area contributed by atoms with Crippen LogP contribution in [0.25, 0.3) is 0 Å². The summed E-state index contributed by atoms with van der Waals surface area (Å²) >= 11 is 0. The molecule has 0 fully saturated rings. The topological polar surface area (TPSA) is 121 Å². The van der Waals surface area contributed by atoms with Crippen molar-refractivity contribution in [2.75, 3.05) is 0 Å². The van der Waals surface area contributed by atoms with E-state index in [9.17, 15) is 18.1 Å². The Kier molecular flexibility index (Phi) is 3.51. The van der Waals surface area contributed by atoms with Gasteiger partial charge >= 0.3 is 19.2 Å². The minimum absolute atomic E-state index is 1.59. The zero-order valence-electron chi connectivity index (χ0n) is 6.22. The molecule has 0 bridgehead atoms. The Hall–Kier alpha value is -0.560. The molecule has 0 spiro atoms. The summed E-state index contributed by atoms with van der Waals surface area (Å²) < 4.78 is 35.0. The van der Waals surface area contributed by atoms with Crippen molar-refractivity contribution < 1.29 is 33.0 Å². The molecule has 1 atom stereocenters. The highest BCUT2D eigenvalue weighted by Gasteiger charge is 2.50. The predicted molar refractivity (Wildman–Crippen MR) is 37.2 cm³/mol. The van der Waals surface area contributed by atoms with Crippen LogP contribution < -0.4 is 5.73 Å². The van der Waals surface area contributed by atoms with Crippen molar-refractivity contribution in [2.24, 2.45) is 5.73 Å². The number of hydrogen-bond acceptors (Lipinski definition) is 3. The molecule has 0 unspecified atom stereocenters. The maximum Gasteiger partial charge on any atom is 0.394 e. The lowest BCUT2D eigenvalue weighted by molar-refractivity contribution is -0.140. The van der Waals surface area contributed by atoms with Gasteiger partial charge in [-0.2, -0.15) is 8.78 Å². The fourth-order valence-corrected chi connectivity index (χ4v) is 0.905. The molecule has 13 heavy (non-hydrogen) atoms. The molecule has 0 saturated carbocycles. The second-order valence-corrected chi connectivity index (χ2v) is 4.10. The van der Waals surface area contributed by atoms with E-state index >= 15 is 0 Å². The van der Waals surface area contributed by atoms with E-state index in [1.807, 2.05) is 0 Å². The molecular weight excluding hydrogens is 211 g/mol. The van der Waals surface area contributed by atoms with E-state index in [0.29, 0.717) is 0 Å². The molecule has 0 aliphatic rings. The van der Waals surface area contributed by atoms with Gasteiger partial charge in [0.05, 0.1) is 0 Å². The molecule has 6 nitrogen and oxygen atoms in total. The fraction of sp³-hybridized carbons (Fsp3) is 0.750. The van der Waals surface area contributed by atoms with Crippen molar-refractivity contribution in [1.82, 2.24) is 0 Å². The third kappa shape index (κ3) is 3.35. The molecular formula is C4H8F2NO5P. The molecule has 0 amide bonds. The third-order valence-electron chi connectivity index (χ3n) is 1.21. The maximum absolute atomic E-state index is 12.4. The zero-order valence-corrected chi connectivity index (χ0v) is 7.12. The van der Waals surface area contributed by atoms with Crippen LogP contribution in [0.4, 0.5) is 8.78 Å². The first kappa shape index (κ1) is 12.4. The summed E-state index contributed by atoms with van der Waals surface area (Å²) in [5.74, 6) is -1.74. The summed E-state index contributed by atoms with van der Waals surface area (Å²) in [5, 5.41) is 8.10. The Morgan fingerprint density at radius 3 is 2.15 bits per heavy atom. The van der Waals surface area contributed by atoms with Gasteiger partial charge < -0.3 is 20.6 Å². The van der Waals surface area contributed by atoms with Crippen LogP contribution in [0.15, 0.2) is 0 Å². The number of aliphatic carboxylic acids is 1. The van der Waals surface area contributed by atoms with E-state index in [-0.39, 0.29) is 0 Å². The monoisotopic (exact) mass is 219 g/mol. The van der Waals surface area contributed by atoms with Gasteiger partial charge in [0.15, 0.2) is 0 Å². The van der Waals surface area contributed by atoms with E-state index in [1.54, 1.807) is 0 Å². The van der Waals surface area contributed by atoms with E-state index < -0.39 is 31.7 Å². The molecule has 0 aliphatic heterocycles. The Labute approximate surface area is 71.5 Å². The van der Waals surface area contributed by atoms with Gasteiger partial charge in [0.25, 0.3) is 0 Å². The van der Waals surface area contributed by atoms with Crippen molar-refractivity contribution in [2.45, 2.75) is 18.1 Å². The Bertz CT molecular complexity index is 251. The van der Waals surface area contributed by atoms with Gasteiger partial charge in [-0.05, 0) is 0 Å². The number of carboxylic acid groups (broad SMARTS) is 1. The van der Waals surface area contributed by atoms with Crippen LogP contribution in [-0.4, -0.2) is 32.6 Å². The smallest absolute Gasteiger partial charge is 0.394 e. The van der Waals surface area contributed by atoms with E-state index in [2.05, 4.69) is 5.73 Å². The van der Waals surface area contributed by atoms with Gasteiger partial charge in [-0.3, -0.25) is 9.36 Å². The van der Waals surface area contributed by atoms with Crippen LogP contribution in [0.2, 0.25) is 0 Å². The van der Waals surface area contributed by atoms with Gasteiger partial charge in [0, 0.05) is 6.42 Å². The van der Waals surface area contributed by atoms with Crippen LogP contribution in [0.3, 0.4) is 0 Å². The standard InChI is InChI=1S/C4H8F2NO5P/c5-4(6,13(10,11)12)1-2(7)3(8)9/h2H,1,7H2,(H,8,9)(H2,10,11,12)/t2-/m1/s1. The first-order valence-electron chi connectivity index (χ1n) is 3.00. The predicted octanol–water partition coefficient (Wildman–Crippen LogP) is -0.441. The highest BCUT2D eigenvalue weighted by Crippen LogP contribution is 2.54. The minimum Gasteiger partial charge on any atom is -0.480 e. The highest BCUT2D eigenvalue weighted by atomic mass is 31.2. The van der Waals surface area contributed by atoms with Crippen molar-refractivity contribution in [3.63, 3.8) is 0 Å². The number of hydrogen-bond donors (Lipinski definition) is 4. The molecule has 0 aromatic heterocycles. The summed E-state index contributed by atoms with van der Waals surface area (Å²) in [6.07, 6.45) is -1.59. The second kappa shape index (κ2) is 3.67. The second-order valence-electron chi connectivity index (χ2n) is 2.36. The summed E-state index contributed by atoms with van der Waals surface area (Å²) in [6.45, 7) is 0. The molecule has 78 valence electrons. The van der Waals surface area contributed by atoms with Crippen LogP contribution >= 0.6 is 7.60 Å². The normalized spacial score (nSPS) is 15.5. The molecule has 5 N–H and O–H groups in total. The highest BCUT2D eigenvalue weighted by molar-refractivity contribution is 7.53. The minimum atomic E-state index is -5.64. The van der Waals surface area contributed by atoms with Crippen molar-refractivity contribution in [3.05, 3.63) is 0 Å². The number of nitrogens with two attached hydrogens (primary N) is 1. The van der Waals surface area contributed by atoms with Crippen molar-refractivity contribution >= 4 is 13.6 Å². The average Bonchev–Trinajstić information content (AvgIpc) is 1.83. The average molecular weight is 219 g/mol. The van der Waals surface area contributed by atoms with Crippen LogP contribution in [0.1, 0.15) is 6.42 Å². The van der Waals surface area contributed by atoms with Crippen LogP contribution in [0, 0.1) is 0 Å². The molecule has 0 aromatic rings. The molecule has 0 saturated heterocycles. The number of halogens is 2. The van der Waals surface area contributed by atoms with Gasteiger partial charge in [-0.1, -0.05) is 0 Å². The Morgan fingerprint density at radius 2 is 1.92 bits per heavy atom. The van der Waals surface area contributed by atoms with Gasteiger partial charge in [-0.15, -0.1) is 0 Å². The van der Waals surface area contributed by atoms with E-state index in [0.717, 1.165) is 0 Å². The Morgan fingerprint density at radius 1 is 1.54 bits per heavy atom.